The molecule has 0 aromatic carbocycles. The molecule has 1 rings (SSSR count). The second-order valence-corrected chi connectivity index (χ2v) is 6.06. The smallest absolute Gasteiger partial charge is 0.214 e. The van der Waals surface area contributed by atoms with Crippen LogP contribution in [-0.2, 0) is 14.8 Å². The van der Waals surface area contributed by atoms with Gasteiger partial charge < -0.3 is 10.5 Å². The molecule has 5 nitrogen and oxygen atoms in total. The van der Waals surface area contributed by atoms with E-state index in [1.807, 2.05) is 6.92 Å². The predicted octanol–water partition coefficient (Wildman–Crippen LogP) is -0.178. The van der Waals surface area contributed by atoms with E-state index >= 15 is 0 Å². The highest BCUT2D eigenvalue weighted by Gasteiger charge is 2.26. The summed E-state index contributed by atoms with van der Waals surface area (Å²) < 4.78 is 31.2. The van der Waals surface area contributed by atoms with Crippen LogP contribution in [0.5, 0.6) is 0 Å². The first kappa shape index (κ1) is 12.9. The maximum Gasteiger partial charge on any atom is 0.214 e. The lowest BCUT2D eigenvalue weighted by atomic mass is 10.2. The second kappa shape index (κ2) is 5.79. The third kappa shape index (κ3) is 4.46. The number of ether oxygens (including phenoxy) is 1. The lowest BCUT2D eigenvalue weighted by Gasteiger charge is -2.22. The monoisotopic (exact) mass is 236 g/mol. The van der Waals surface area contributed by atoms with E-state index in [2.05, 4.69) is 4.72 Å². The van der Waals surface area contributed by atoms with Gasteiger partial charge in [-0.05, 0) is 26.2 Å². The molecular weight excluding hydrogens is 216 g/mol. The average Bonchev–Trinajstić information content (AvgIpc) is 2.18. The van der Waals surface area contributed by atoms with Crippen molar-refractivity contribution in [3.8, 4) is 0 Å². The minimum Gasteiger partial charge on any atom is -0.381 e. The molecule has 1 fully saturated rings. The molecule has 0 aromatic heterocycles. The Kier molecular flexibility index (Phi) is 4.98. The van der Waals surface area contributed by atoms with Crippen LogP contribution >= 0.6 is 0 Å². The highest BCUT2D eigenvalue weighted by atomic mass is 32.2. The zero-order valence-electron chi connectivity index (χ0n) is 9.11. The summed E-state index contributed by atoms with van der Waals surface area (Å²) in [4.78, 5) is 0. The zero-order chi connectivity index (χ0) is 11.3. The van der Waals surface area contributed by atoms with Gasteiger partial charge in [0, 0.05) is 25.8 Å². The van der Waals surface area contributed by atoms with E-state index in [9.17, 15) is 8.42 Å². The number of hydrogen-bond acceptors (Lipinski definition) is 4. The van der Waals surface area contributed by atoms with Crippen LogP contribution in [0, 0.1) is 0 Å². The van der Waals surface area contributed by atoms with Crippen molar-refractivity contribution in [1.82, 2.24) is 4.72 Å². The number of hydrogen-bond donors (Lipinski definition) is 2. The van der Waals surface area contributed by atoms with Gasteiger partial charge in [-0.1, -0.05) is 0 Å². The summed E-state index contributed by atoms with van der Waals surface area (Å²) in [6.07, 6.45) is 1.85. The van der Waals surface area contributed by atoms with Gasteiger partial charge in [0.2, 0.25) is 10.0 Å². The fourth-order valence-corrected chi connectivity index (χ4v) is 2.98. The van der Waals surface area contributed by atoms with Crippen molar-refractivity contribution in [2.24, 2.45) is 5.73 Å². The Morgan fingerprint density at radius 1 is 1.47 bits per heavy atom. The van der Waals surface area contributed by atoms with Crippen LogP contribution in [0.3, 0.4) is 0 Å². The molecule has 90 valence electrons. The molecule has 0 amide bonds. The van der Waals surface area contributed by atoms with Crippen molar-refractivity contribution in [2.45, 2.75) is 37.5 Å². The fraction of sp³-hybridized carbons (Fsp3) is 1.00. The van der Waals surface area contributed by atoms with Crippen LogP contribution in [0.25, 0.3) is 0 Å². The molecule has 3 N–H and O–H groups in total. The number of rotatable bonds is 5. The van der Waals surface area contributed by atoms with Crippen molar-refractivity contribution < 1.29 is 13.2 Å². The van der Waals surface area contributed by atoms with E-state index in [0.717, 1.165) is 0 Å². The second-order valence-electron chi connectivity index (χ2n) is 4.02. The largest absolute Gasteiger partial charge is 0.381 e. The normalized spacial score (nSPS) is 21.5. The molecule has 0 aromatic rings. The van der Waals surface area contributed by atoms with Crippen molar-refractivity contribution in [3.63, 3.8) is 0 Å². The maximum atomic E-state index is 11.8. The summed E-state index contributed by atoms with van der Waals surface area (Å²) >= 11 is 0. The van der Waals surface area contributed by atoms with Gasteiger partial charge in [0.25, 0.3) is 0 Å². The molecule has 0 bridgehead atoms. The standard InChI is InChI=1S/C9H20N2O3S/c1-8(10)2-5-11-15(12,13)9-3-6-14-7-4-9/h8-9,11H,2-7,10H2,1H3. The fourth-order valence-electron chi connectivity index (χ4n) is 1.53. The summed E-state index contributed by atoms with van der Waals surface area (Å²) in [7, 11) is -3.16. The van der Waals surface area contributed by atoms with Gasteiger partial charge in [-0.2, -0.15) is 0 Å². The molecule has 1 aliphatic rings. The molecule has 1 atom stereocenters. The molecule has 1 aliphatic heterocycles. The highest BCUT2D eigenvalue weighted by molar-refractivity contribution is 7.90. The minimum atomic E-state index is -3.16. The topological polar surface area (TPSA) is 81.4 Å². The molecule has 0 spiro atoms. The van der Waals surface area contributed by atoms with Crippen LogP contribution < -0.4 is 10.5 Å². The lowest BCUT2D eigenvalue weighted by molar-refractivity contribution is 0.0981. The number of sulfonamides is 1. The molecule has 15 heavy (non-hydrogen) atoms. The molecule has 1 saturated heterocycles. The van der Waals surface area contributed by atoms with Crippen molar-refractivity contribution in [2.75, 3.05) is 19.8 Å². The summed E-state index contributed by atoms with van der Waals surface area (Å²) in [6, 6.07) is 0.0300. The van der Waals surface area contributed by atoms with Crippen LogP contribution in [0.1, 0.15) is 26.2 Å². The Morgan fingerprint density at radius 3 is 2.60 bits per heavy atom. The van der Waals surface area contributed by atoms with Gasteiger partial charge in [0.15, 0.2) is 0 Å². The van der Waals surface area contributed by atoms with E-state index < -0.39 is 10.0 Å². The van der Waals surface area contributed by atoms with Crippen LogP contribution in [0.4, 0.5) is 0 Å². The first-order valence-electron chi connectivity index (χ1n) is 5.34. The third-order valence-corrected chi connectivity index (χ3v) is 4.47. The zero-order valence-corrected chi connectivity index (χ0v) is 9.92. The summed E-state index contributed by atoms with van der Waals surface area (Å²) in [5.74, 6) is 0. The first-order chi connectivity index (χ1) is 7.02. The van der Waals surface area contributed by atoms with Gasteiger partial charge in [-0.25, -0.2) is 13.1 Å². The van der Waals surface area contributed by atoms with E-state index in [1.54, 1.807) is 0 Å². The third-order valence-electron chi connectivity index (χ3n) is 2.51. The van der Waals surface area contributed by atoms with E-state index in [0.29, 0.717) is 39.0 Å². The minimum absolute atomic E-state index is 0.0300. The Morgan fingerprint density at radius 2 is 2.07 bits per heavy atom. The number of nitrogens with one attached hydrogen (secondary N) is 1. The quantitative estimate of drug-likeness (QED) is 0.694. The van der Waals surface area contributed by atoms with Crippen molar-refractivity contribution >= 4 is 10.0 Å². The number of nitrogens with two attached hydrogens (primary N) is 1. The Labute approximate surface area is 91.4 Å². The molecule has 0 saturated carbocycles. The van der Waals surface area contributed by atoms with Crippen LogP contribution in [0.2, 0.25) is 0 Å². The van der Waals surface area contributed by atoms with E-state index in [4.69, 9.17) is 10.5 Å². The SMILES string of the molecule is CC(N)CCNS(=O)(=O)C1CCOCC1. The lowest BCUT2D eigenvalue weighted by Crippen LogP contribution is -2.39. The summed E-state index contributed by atoms with van der Waals surface area (Å²) in [6.45, 7) is 3.37. The molecule has 0 aliphatic carbocycles. The van der Waals surface area contributed by atoms with Gasteiger partial charge in [-0.15, -0.1) is 0 Å². The Balaban J connectivity index is 2.36. The van der Waals surface area contributed by atoms with Gasteiger partial charge >= 0.3 is 0 Å². The predicted molar refractivity (Wildman–Crippen MR) is 59.0 cm³/mol. The summed E-state index contributed by atoms with van der Waals surface area (Å²) in [5, 5.41) is -0.292. The van der Waals surface area contributed by atoms with E-state index in [-0.39, 0.29) is 11.3 Å². The van der Waals surface area contributed by atoms with Gasteiger partial charge in [0.05, 0.1) is 5.25 Å². The molecule has 1 heterocycles. The molecule has 6 heteroatoms. The van der Waals surface area contributed by atoms with Gasteiger partial charge in [-0.3, -0.25) is 0 Å². The van der Waals surface area contributed by atoms with E-state index in [1.165, 1.54) is 0 Å². The Bertz CT molecular complexity index is 271. The van der Waals surface area contributed by atoms with Crippen molar-refractivity contribution in [3.05, 3.63) is 0 Å². The van der Waals surface area contributed by atoms with Crippen LogP contribution in [-0.4, -0.2) is 39.5 Å². The first-order valence-corrected chi connectivity index (χ1v) is 6.89. The van der Waals surface area contributed by atoms with Crippen LogP contribution in [0.15, 0.2) is 0 Å². The van der Waals surface area contributed by atoms with Crippen molar-refractivity contribution in [1.29, 1.82) is 0 Å². The van der Waals surface area contributed by atoms with Gasteiger partial charge in [0.1, 0.15) is 0 Å². The molecule has 1 unspecified atom stereocenters. The highest BCUT2D eigenvalue weighted by Crippen LogP contribution is 2.14. The Hall–Kier alpha value is -0.170. The molecular formula is C9H20N2O3S. The average molecular weight is 236 g/mol. The summed E-state index contributed by atoms with van der Waals surface area (Å²) in [5.41, 5.74) is 5.55. The molecule has 0 radical (unpaired) electrons. The maximum absolute atomic E-state index is 11.8.